The van der Waals surface area contributed by atoms with E-state index in [2.05, 4.69) is 10.3 Å². The van der Waals surface area contributed by atoms with E-state index in [-0.39, 0.29) is 16.5 Å². The molecule has 0 radical (unpaired) electrons. The largest absolute Gasteiger partial charge is 0.357 e. The number of halogens is 2. The third-order valence-electron chi connectivity index (χ3n) is 5.72. The van der Waals surface area contributed by atoms with Crippen LogP contribution in [0.25, 0.3) is 22.0 Å². The van der Waals surface area contributed by atoms with Crippen LogP contribution in [0.15, 0.2) is 64.5 Å². The summed E-state index contributed by atoms with van der Waals surface area (Å²) in [4.78, 5) is 15.8. The molecule has 1 aliphatic carbocycles. The van der Waals surface area contributed by atoms with Gasteiger partial charge in [-0.1, -0.05) is 0 Å². The minimum atomic E-state index is -2.99. The van der Waals surface area contributed by atoms with Crippen molar-refractivity contribution in [2.24, 2.45) is 7.05 Å². The van der Waals surface area contributed by atoms with Crippen LogP contribution in [0.2, 0.25) is 0 Å². The standard InChI is InChI=1S/C23H20F2N4O2S/c1-29-12-18(16-8-9-27-22(16)23(29)30)17-11-15(32(26,31)14-3-4-14)5-7-20(17)28-21-6-2-13(24)10-19(21)25/h2,5-12,14,26-28H,3-4H2,1H3. The van der Waals surface area contributed by atoms with E-state index in [1.54, 1.807) is 43.7 Å². The fourth-order valence-corrected chi connectivity index (χ4v) is 5.60. The van der Waals surface area contributed by atoms with Crippen LogP contribution in [-0.2, 0) is 16.8 Å². The number of aryl methyl sites for hydroxylation is 1. The van der Waals surface area contributed by atoms with Crippen molar-refractivity contribution in [3.8, 4) is 11.1 Å². The van der Waals surface area contributed by atoms with Crippen molar-refractivity contribution in [3.05, 3.63) is 76.8 Å². The summed E-state index contributed by atoms with van der Waals surface area (Å²) in [6.45, 7) is 0. The van der Waals surface area contributed by atoms with Crippen molar-refractivity contribution < 1.29 is 13.0 Å². The highest BCUT2D eigenvalue weighted by molar-refractivity contribution is 7.93. The molecule has 0 spiro atoms. The predicted molar refractivity (Wildman–Crippen MR) is 121 cm³/mol. The maximum absolute atomic E-state index is 14.3. The van der Waals surface area contributed by atoms with E-state index in [9.17, 15) is 17.8 Å². The number of benzene rings is 2. The molecule has 32 heavy (non-hydrogen) atoms. The van der Waals surface area contributed by atoms with Crippen LogP contribution >= 0.6 is 0 Å². The average molecular weight is 455 g/mol. The van der Waals surface area contributed by atoms with Crippen LogP contribution in [0.5, 0.6) is 0 Å². The van der Waals surface area contributed by atoms with Crippen molar-refractivity contribution in [2.45, 2.75) is 23.0 Å². The molecule has 0 bridgehead atoms. The van der Waals surface area contributed by atoms with Crippen molar-refractivity contribution in [3.63, 3.8) is 0 Å². The molecule has 6 nitrogen and oxygen atoms in total. The molecule has 0 amide bonds. The minimum absolute atomic E-state index is 0.0735. The summed E-state index contributed by atoms with van der Waals surface area (Å²) in [7, 11) is -1.36. The van der Waals surface area contributed by atoms with Crippen LogP contribution in [0.1, 0.15) is 12.8 Å². The summed E-state index contributed by atoms with van der Waals surface area (Å²) in [5.74, 6) is -1.44. The smallest absolute Gasteiger partial charge is 0.274 e. The molecule has 1 aliphatic rings. The molecule has 3 N–H and O–H groups in total. The van der Waals surface area contributed by atoms with Crippen LogP contribution in [0, 0.1) is 16.4 Å². The highest BCUT2D eigenvalue weighted by Crippen LogP contribution is 2.40. The number of nitrogens with zero attached hydrogens (tertiary/aromatic N) is 1. The van der Waals surface area contributed by atoms with Crippen LogP contribution in [0.4, 0.5) is 20.2 Å². The van der Waals surface area contributed by atoms with Crippen LogP contribution in [-0.4, -0.2) is 19.0 Å². The van der Waals surface area contributed by atoms with E-state index in [0.29, 0.717) is 32.6 Å². The fraction of sp³-hybridized carbons (Fsp3) is 0.174. The quantitative estimate of drug-likeness (QED) is 0.391. The lowest BCUT2D eigenvalue weighted by molar-refractivity contribution is 0.586. The molecule has 5 rings (SSSR count). The number of hydrogen-bond donors (Lipinski definition) is 3. The monoisotopic (exact) mass is 454 g/mol. The van der Waals surface area contributed by atoms with Gasteiger partial charge in [0.15, 0.2) is 0 Å². The van der Waals surface area contributed by atoms with Crippen molar-refractivity contribution >= 4 is 32.0 Å². The van der Waals surface area contributed by atoms with E-state index in [1.807, 2.05) is 0 Å². The summed E-state index contributed by atoms with van der Waals surface area (Å²) in [5.41, 5.74) is 1.97. The molecule has 0 saturated heterocycles. The van der Waals surface area contributed by atoms with E-state index in [4.69, 9.17) is 4.78 Å². The van der Waals surface area contributed by atoms with E-state index in [0.717, 1.165) is 25.0 Å². The van der Waals surface area contributed by atoms with Gasteiger partial charge in [0.25, 0.3) is 5.56 Å². The molecule has 9 heteroatoms. The summed E-state index contributed by atoms with van der Waals surface area (Å²) < 4.78 is 50.7. The second-order valence-electron chi connectivity index (χ2n) is 7.98. The molecule has 4 aromatic rings. The van der Waals surface area contributed by atoms with Gasteiger partial charge in [0.2, 0.25) is 0 Å². The fourth-order valence-electron chi connectivity index (χ4n) is 3.86. The molecule has 0 aliphatic heterocycles. The average Bonchev–Trinajstić information content (AvgIpc) is 3.51. The summed E-state index contributed by atoms with van der Waals surface area (Å²) >= 11 is 0. The Morgan fingerprint density at radius 1 is 1.09 bits per heavy atom. The van der Waals surface area contributed by atoms with Crippen molar-refractivity contribution in [2.75, 3.05) is 5.32 Å². The summed E-state index contributed by atoms with van der Waals surface area (Å²) in [6.07, 6.45) is 4.82. The van der Waals surface area contributed by atoms with E-state index >= 15 is 0 Å². The lowest BCUT2D eigenvalue weighted by Crippen LogP contribution is -2.16. The Labute approximate surface area is 182 Å². The predicted octanol–water partition coefficient (Wildman–Crippen LogP) is 5.12. The van der Waals surface area contributed by atoms with Gasteiger partial charge in [0, 0.05) is 57.9 Å². The van der Waals surface area contributed by atoms with Gasteiger partial charge in [-0.25, -0.2) is 17.8 Å². The number of aromatic nitrogens is 2. The minimum Gasteiger partial charge on any atom is -0.357 e. The maximum Gasteiger partial charge on any atom is 0.274 e. The van der Waals surface area contributed by atoms with Gasteiger partial charge in [0.05, 0.1) is 15.4 Å². The van der Waals surface area contributed by atoms with Crippen LogP contribution < -0.4 is 10.9 Å². The molecule has 1 atom stereocenters. The Morgan fingerprint density at radius 3 is 2.56 bits per heavy atom. The maximum atomic E-state index is 14.3. The van der Waals surface area contributed by atoms with Gasteiger partial charge in [-0.15, -0.1) is 0 Å². The first kappa shape index (κ1) is 20.4. The van der Waals surface area contributed by atoms with Crippen LogP contribution in [0.3, 0.4) is 0 Å². The number of anilines is 2. The third-order valence-corrected chi connectivity index (χ3v) is 8.08. The molecule has 1 fully saturated rings. The molecule has 2 heterocycles. The zero-order chi connectivity index (χ0) is 22.6. The Morgan fingerprint density at radius 2 is 1.84 bits per heavy atom. The SMILES string of the molecule is Cn1cc(-c2cc(S(=N)(=O)C3CC3)ccc2Nc2ccc(F)cc2F)c2cc[nH]c2c1=O. The lowest BCUT2D eigenvalue weighted by atomic mass is 10.0. The van der Waals surface area contributed by atoms with E-state index in [1.165, 1.54) is 10.6 Å². The molecular weight excluding hydrogens is 434 g/mol. The van der Waals surface area contributed by atoms with Gasteiger partial charge in [0.1, 0.15) is 17.2 Å². The molecule has 1 saturated carbocycles. The highest BCUT2D eigenvalue weighted by Gasteiger charge is 2.34. The zero-order valence-electron chi connectivity index (χ0n) is 17.1. The number of aromatic amines is 1. The Hall–Kier alpha value is -3.46. The van der Waals surface area contributed by atoms with Gasteiger partial charge >= 0.3 is 0 Å². The number of pyridine rings is 1. The van der Waals surface area contributed by atoms with Gasteiger partial charge in [-0.2, -0.15) is 0 Å². The first-order valence-electron chi connectivity index (χ1n) is 10.1. The first-order valence-corrected chi connectivity index (χ1v) is 11.7. The Bertz CT molecular complexity index is 1540. The number of H-pyrrole nitrogens is 1. The first-order chi connectivity index (χ1) is 15.3. The third kappa shape index (κ3) is 3.38. The molecule has 1 unspecified atom stereocenters. The second-order valence-corrected chi connectivity index (χ2v) is 10.3. The Balaban J connectivity index is 1.74. The Kier molecular flexibility index (Phi) is 4.67. The molecular formula is C23H20F2N4O2S. The van der Waals surface area contributed by atoms with Crippen molar-refractivity contribution in [1.82, 2.24) is 9.55 Å². The van der Waals surface area contributed by atoms with Gasteiger partial charge in [-0.05, 0) is 49.2 Å². The molecule has 164 valence electrons. The number of fused-ring (bicyclic) bond motifs is 1. The number of hydrogen-bond acceptors (Lipinski definition) is 4. The molecule has 2 aromatic heterocycles. The highest BCUT2D eigenvalue weighted by atomic mass is 32.2. The van der Waals surface area contributed by atoms with E-state index < -0.39 is 21.4 Å². The second kappa shape index (κ2) is 7.30. The normalized spacial score (nSPS) is 15.6. The number of nitrogens with one attached hydrogen (secondary N) is 3. The topological polar surface area (TPSA) is 90.7 Å². The molecule has 2 aromatic carbocycles. The zero-order valence-corrected chi connectivity index (χ0v) is 17.9. The van der Waals surface area contributed by atoms with Crippen molar-refractivity contribution in [1.29, 1.82) is 4.78 Å². The lowest BCUT2D eigenvalue weighted by Gasteiger charge is -2.17. The number of rotatable bonds is 5. The van der Waals surface area contributed by atoms with Gasteiger partial charge < -0.3 is 14.9 Å². The van der Waals surface area contributed by atoms with Gasteiger partial charge in [-0.3, -0.25) is 4.79 Å². The summed E-state index contributed by atoms with van der Waals surface area (Å²) in [6, 6.07) is 9.93. The summed E-state index contributed by atoms with van der Waals surface area (Å²) in [5, 5.41) is 3.47.